The molecule has 0 aliphatic heterocycles. The predicted octanol–water partition coefficient (Wildman–Crippen LogP) is 6.07. The Kier molecular flexibility index (Phi) is 13.5. The fourth-order valence-corrected chi connectivity index (χ4v) is 4.17. The smallest absolute Gasteiger partial charge is 0.171 e. The van der Waals surface area contributed by atoms with Crippen LogP contribution in [0.5, 0.6) is 0 Å². The van der Waals surface area contributed by atoms with Gasteiger partial charge in [-0.1, -0.05) is 85.5 Å². The van der Waals surface area contributed by atoms with E-state index in [0.717, 1.165) is 19.3 Å². The van der Waals surface area contributed by atoms with Gasteiger partial charge in [0, 0.05) is 0 Å². The number of unbranched alkanes of at least 4 members (excludes halogenated alkanes) is 8. The van der Waals surface area contributed by atoms with Gasteiger partial charge in [-0.05, 0) is 31.4 Å². The molecule has 0 radical (unpaired) electrons. The molecule has 0 saturated carbocycles. The zero-order valence-corrected chi connectivity index (χ0v) is 18.0. The molecule has 23 heavy (non-hydrogen) atoms. The molecule has 140 valence electrons. The van der Waals surface area contributed by atoms with Crippen LogP contribution < -0.4 is 0 Å². The molecule has 0 heterocycles. The summed E-state index contributed by atoms with van der Waals surface area (Å²) in [7, 11) is -1.05. The van der Waals surface area contributed by atoms with Crippen LogP contribution >= 0.6 is 0 Å². The second-order valence-corrected chi connectivity index (χ2v) is 10.9. The van der Waals surface area contributed by atoms with Gasteiger partial charge in [-0.25, -0.2) is 0 Å². The summed E-state index contributed by atoms with van der Waals surface area (Å²) in [6, 6.07) is 0. The lowest BCUT2D eigenvalue weighted by Gasteiger charge is -2.34. The number of aliphatic hydroxyl groups excluding tert-OH is 1. The van der Waals surface area contributed by atoms with Crippen LogP contribution in [-0.4, -0.2) is 26.4 Å². The summed E-state index contributed by atoms with van der Waals surface area (Å²) in [6.07, 6.45) is 13.8. The van der Waals surface area contributed by atoms with Crippen LogP contribution in [0.4, 0.5) is 0 Å². The maximum atomic E-state index is 10.3. The highest BCUT2D eigenvalue weighted by atomic mass is 28.3. The summed E-state index contributed by atoms with van der Waals surface area (Å²) in [4.78, 5) is 0. The first-order valence-electron chi connectivity index (χ1n) is 10.1. The van der Waals surface area contributed by atoms with E-state index in [2.05, 4.69) is 40.8 Å². The first-order valence-corrected chi connectivity index (χ1v) is 12.9. The molecule has 1 unspecified atom stereocenters. The van der Waals surface area contributed by atoms with Gasteiger partial charge in [-0.2, -0.15) is 0 Å². The molecular formula is C20H44O2Si. The van der Waals surface area contributed by atoms with Crippen molar-refractivity contribution in [2.24, 2.45) is 5.41 Å². The maximum absolute atomic E-state index is 10.3. The van der Waals surface area contributed by atoms with Gasteiger partial charge in [0.2, 0.25) is 0 Å². The van der Waals surface area contributed by atoms with E-state index in [1.165, 1.54) is 51.4 Å². The maximum Gasteiger partial charge on any atom is 0.171 e. The largest absolute Gasteiger partial charge is 0.417 e. The van der Waals surface area contributed by atoms with Crippen LogP contribution in [-0.2, 0) is 4.43 Å². The van der Waals surface area contributed by atoms with Crippen LogP contribution in [0.1, 0.15) is 98.3 Å². The van der Waals surface area contributed by atoms with Crippen molar-refractivity contribution in [1.29, 1.82) is 0 Å². The minimum Gasteiger partial charge on any atom is -0.417 e. The van der Waals surface area contributed by atoms with E-state index in [0.29, 0.717) is 0 Å². The van der Waals surface area contributed by atoms with Crippen molar-refractivity contribution < 1.29 is 9.53 Å². The van der Waals surface area contributed by atoms with Crippen LogP contribution in [0.3, 0.4) is 0 Å². The molecule has 0 saturated heterocycles. The normalized spacial score (nSPS) is 15.1. The Labute approximate surface area is 148 Å². The number of hydrogen-bond donors (Lipinski definition) is 1. The van der Waals surface area contributed by atoms with Gasteiger partial charge in [-0.3, -0.25) is 0 Å². The summed E-state index contributed by atoms with van der Waals surface area (Å²) >= 11 is 0. The molecule has 2 nitrogen and oxygen atoms in total. The third kappa shape index (κ3) is 14.2. The highest BCUT2D eigenvalue weighted by molar-refractivity contribution is 6.48. The number of aliphatic hydroxyl groups is 1. The summed E-state index contributed by atoms with van der Waals surface area (Å²) in [5.74, 6) is 0. The van der Waals surface area contributed by atoms with Crippen molar-refractivity contribution in [1.82, 2.24) is 0 Å². The standard InChI is InChI=1S/C20H44O2Si/c1-7-8-9-10-11-12-13-14-15-16-18(21)17-19(20(2,3)4)22-23(5)6/h18-19,21,23H,7-17H2,1-6H3/t18?,19-/m1/s1. The Morgan fingerprint density at radius 1 is 0.870 bits per heavy atom. The molecule has 0 aliphatic carbocycles. The molecule has 0 spiro atoms. The molecule has 0 fully saturated rings. The molecule has 2 atom stereocenters. The van der Waals surface area contributed by atoms with Crippen LogP contribution in [0.25, 0.3) is 0 Å². The van der Waals surface area contributed by atoms with E-state index in [-0.39, 0.29) is 17.6 Å². The van der Waals surface area contributed by atoms with Crippen molar-refractivity contribution in [2.45, 2.75) is 124 Å². The molecule has 0 amide bonds. The predicted molar refractivity (Wildman–Crippen MR) is 106 cm³/mol. The third-order valence-corrected chi connectivity index (χ3v) is 5.40. The third-order valence-electron chi connectivity index (χ3n) is 4.53. The van der Waals surface area contributed by atoms with Gasteiger partial charge in [0.25, 0.3) is 0 Å². The minimum absolute atomic E-state index is 0.122. The minimum atomic E-state index is -1.05. The van der Waals surface area contributed by atoms with Gasteiger partial charge in [0.05, 0.1) is 12.2 Å². The molecule has 0 rings (SSSR count). The van der Waals surface area contributed by atoms with Crippen LogP contribution in [0.15, 0.2) is 0 Å². The van der Waals surface area contributed by atoms with Crippen molar-refractivity contribution >= 4 is 9.04 Å². The molecule has 0 aromatic rings. The summed E-state index contributed by atoms with van der Waals surface area (Å²) < 4.78 is 6.16. The van der Waals surface area contributed by atoms with E-state index < -0.39 is 9.04 Å². The van der Waals surface area contributed by atoms with Crippen LogP contribution in [0.2, 0.25) is 13.1 Å². The molecule has 3 heteroatoms. The first kappa shape index (κ1) is 23.1. The van der Waals surface area contributed by atoms with Crippen molar-refractivity contribution in [2.75, 3.05) is 0 Å². The lowest BCUT2D eigenvalue weighted by atomic mass is 9.85. The second-order valence-electron chi connectivity index (χ2n) is 8.55. The fraction of sp³-hybridized carbons (Fsp3) is 1.00. The quantitative estimate of drug-likeness (QED) is 0.306. The topological polar surface area (TPSA) is 29.5 Å². The lowest BCUT2D eigenvalue weighted by Crippen LogP contribution is -2.36. The summed E-state index contributed by atoms with van der Waals surface area (Å²) in [6.45, 7) is 13.4. The van der Waals surface area contributed by atoms with Crippen molar-refractivity contribution in [3.8, 4) is 0 Å². The van der Waals surface area contributed by atoms with E-state index in [9.17, 15) is 5.11 Å². The zero-order chi connectivity index (χ0) is 17.7. The lowest BCUT2D eigenvalue weighted by molar-refractivity contribution is 0.0268. The van der Waals surface area contributed by atoms with Gasteiger partial charge < -0.3 is 9.53 Å². The van der Waals surface area contributed by atoms with E-state index >= 15 is 0 Å². The molecule has 0 aromatic heterocycles. The zero-order valence-electron chi connectivity index (χ0n) is 16.9. The number of rotatable bonds is 14. The van der Waals surface area contributed by atoms with E-state index in [1.54, 1.807) is 0 Å². The van der Waals surface area contributed by atoms with Gasteiger partial charge >= 0.3 is 0 Å². The highest BCUT2D eigenvalue weighted by Gasteiger charge is 2.28. The van der Waals surface area contributed by atoms with Crippen molar-refractivity contribution in [3.05, 3.63) is 0 Å². The molecule has 0 bridgehead atoms. The molecule has 1 N–H and O–H groups in total. The summed E-state index contributed by atoms with van der Waals surface area (Å²) in [5, 5.41) is 10.3. The summed E-state index contributed by atoms with van der Waals surface area (Å²) in [5.41, 5.74) is 0.122. The Hall–Kier alpha value is 0.137. The van der Waals surface area contributed by atoms with E-state index in [4.69, 9.17) is 4.43 Å². The van der Waals surface area contributed by atoms with E-state index in [1.807, 2.05) is 0 Å². The second kappa shape index (κ2) is 13.4. The van der Waals surface area contributed by atoms with Gasteiger partial charge in [0.1, 0.15) is 0 Å². The van der Waals surface area contributed by atoms with Crippen molar-refractivity contribution in [3.63, 3.8) is 0 Å². The fourth-order valence-electron chi connectivity index (χ4n) is 3.00. The Bertz CT molecular complexity index is 261. The van der Waals surface area contributed by atoms with Gasteiger partial charge in [-0.15, -0.1) is 0 Å². The Morgan fingerprint density at radius 3 is 1.78 bits per heavy atom. The van der Waals surface area contributed by atoms with Gasteiger partial charge in [0.15, 0.2) is 9.04 Å². The number of hydrogen-bond acceptors (Lipinski definition) is 2. The Morgan fingerprint density at radius 2 is 1.35 bits per heavy atom. The highest BCUT2D eigenvalue weighted by Crippen LogP contribution is 2.27. The SMILES string of the molecule is CCCCCCCCCCCC(O)C[C@@H](O[SiH](C)C)C(C)(C)C. The average molecular weight is 345 g/mol. The molecular weight excluding hydrogens is 300 g/mol. The van der Waals surface area contributed by atoms with Crippen LogP contribution in [0, 0.1) is 5.41 Å². The Balaban J connectivity index is 3.73. The first-order chi connectivity index (χ1) is 10.8. The molecule has 0 aromatic carbocycles. The monoisotopic (exact) mass is 344 g/mol. The molecule has 0 aliphatic rings. The average Bonchev–Trinajstić information content (AvgIpc) is 2.43.